The first-order valence-corrected chi connectivity index (χ1v) is 8.19. The monoisotopic (exact) mass is 283 g/mol. The van der Waals surface area contributed by atoms with Crippen LogP contribution in [0.1, 0.15) is 31.7 Å². The van der Waals surface area contributed by atoms with Gasteiger partial charge in [0.1, 0.15) is 0 Å². The van der Waals surface area contributed by atoms with E-state index < -0.39 is 10.0 Å². The molecule has 106 valence electrons. The van der Waals surface area contributed by atoms with E-state index in [0.717, 1.165) is 24.8 Å². The molecule has 0 aromatic heterocycles. The minimum atomic E-state index is -3.43. The van der Waals surface area contributed by atoms with E-state index >= 15 is 0 Å². The number of nitrogens with one attached hydrogen (secondary N) is 1. The van der Waals surface area contributed by atoms with E-state index in [1.165, 1.54) is 0 Å². The van der Waals surface area contributed by atoms with E-state index in [4.69, 9.17) is 5.11 Å². The number of benzene rings is 1. The molecule has 1 saturated carbocycles. The van der Waals surface area contributed by atoms with Gasteiger partial charge in [0.15, 0.2) is 0 Å². The topological polar surface area (TPSA) is 66.4 Å². The zero-order valence-electron chi connectivity index (χ0n) is 11.2. The van der Waals surface area contributed by atoms with Gasteiger partial charge in [-0.2, -0.15) is 0 Å². The first-order valence-electron chi connectivity index (χ1n) is 6.71. The van der Waals surface area contributed by atoms with Gasteiger partial charge in [0.25, 0.3) is 0 Å². The van der Waals surface area contributed by atoms with E-state index in [2.05, 4.69) is 4.72 Å². The number of hydrogen-bond donors (Lipinski definition) is 2. The summed E-state index contributed by atoms with van der Waals surface area (Å²) in [5.41, 5.74) is 1.11. The summed E-state index contributed by atoms with van der Waals surface area (Å²) in [6.07, 6.45) is 3.55. The van der Waals surface area contributed by atoms with E-state index in [-0.39, 0.29) is 12.0 Å². The average molecular weight is 283 g/mol. The van der Waals surface area contributed by atoms with Crippen molar-refractivity contribution in [3.63, 3.8) is 0 Å². The van der Waals surface area contributed by atoms with E-state index in [9.17, 15) is 8.42 Å². The van der Waals surface area contributed by atoms with Crippen LogP contribution in [0, 0.1) is 5.41 Å². The molecule has 0 heterocycles. The highest BCUT2D eigenvalue weighted by Crippen LogP contribution is 2.48. The largest absolute Gasteiger partial charge is 0.396 e. The number of aliphatic hydroxyl groups is 1. The highest BCUT2D eigenvalue weighted by Gasteiger charge is 2.42. The molecule has 0 radical (unpaired) electrons. The second-order valence-corrected chi connectivity index (χ2v) is 7.06. The number of sulfonamides is 1. The Labute approximate surface area is 114 Å². The van der Waals surface area contributed by atoms with E-state index in [0.29, 0.717) is 17.9 Å². The number of aryl methyl sites for hydroxylation is 1. The molecule has 2 rings (SSSR count). The molecule has 0 saturated heterocycles. The predicted molar refractivity (Wildman–Crippen MR) is 74.4 cm³/mol. The van der Waals surface area contributed by atoms with Crippen LogP contribution in [0.4, 0.5) is 0 Å². The quantitative estimate of drug-likeness (QED) is 0.800. The fraction of sp³-hybridized carbons (Fsp3) is 0.571. The van der Waals surface area contributed by atoms with Gasteiger partial charge in [0, 0.05) is 13.2 Å². The fourth-order valence-electron chi connectivity index (χ4n) is 2.16. The molecular weight excluding hydrogens is 262 g/mol. The fourth-order valence-corrected chi connectivity index (χ4v) is 3.32. The van der Waals surface area contributed by atoms with Crippen molar-refractivity contribution in [2.75, 3.05) is 13.2 Å². The Morgan fingerprint density at radius 3 is 2.37 bits per heavy atom. The summed E-state index contributed by atoms with van der Waals surface area (Å²) in [7, 11) is -3.43. The molecule has 1 aliphatic carbocycles. The van der Waals surface area contributed by atoms with Crippen molar-refractivity contribution in [1.82, 2.24) is 4.72 Å². The van der Waals surface area contributed by atoms with Crippen molar-refractivity contribution < 1.29 is 13.5 Å². The lowest BCUT2D eigenvalue weighted by Gasteiger charge is -2.14. The summed E-state index contributed by atoms with van der Waals surface area (Å²) in [5.74, 6) is 0. The van der Waals surface area contributed by atoms with Crippen molar-refractivity contribution in [2.45, 2.75) is 37.5 Å². The predicted octanol–water partition coefficient (Wildman–Crippen LogP) is 1.69. The van der Waals surface area contributed by atoms with Crippen LogP contribution in [0.5, 0.6) is 0 Å². The van der Waals surface area contributed by atoms with Gasteiger partial charge in [-0.25, -0.2) is 13.1 Å². The Morgan fingerprint density at radius 2 is 1.89 bits per heavy atom. The standard InChI is InChI=1S/C14H21NO3S/c1-2-12-3-5-13(6-4-12)19(17,18)15-11-14(7-8-14)9-10-16/h3-6,15-16H,2,7-11H2,1H3. The molecule has 1 fully saturated rings. The van der Waals surface area contributed by atoms with Gasteiger partial charge in [0.2, 0.25) is 10.0 Å². The lowest BCUT2D eigenvalue weighted by molar-refractivity contribution is 0.249. The molecule has 1 aliphatic rings. The molecule has 0 spiro atoms. The van der Waals surface area contributed by atoms with Crippen LogP contribution in [-0.4, -0.2) is 26.7 Å². The Bertz CT molecular complexity index is 518. The molecule has 0 atom stereocenters. The summed E-state index contributed by atoms with van der Waals surface area (Å²) < 4.78 is 26.9. The molecule has 4 nitrogen and oxygen atoms in total. The van der Waals surface area contributed by atoms with Crippen LogP contribution in [0.2, 0.25) is 0 Å². The van der Waals surface area contributed by atoms with Crippen molar-refractivity contribution >= 4 is 10.0 Å². The summed E-state index contributed by atoms with van der Waals surface area (Å²) in [6.45, 7) is 2.58. The molecule has 1 aromatic carbocycles. The molecule has 0 aliphatic heterocycles. The first-order chi connectivity index (χ1) is 9.01. The first kappa shape index (κ1) is 14.5. The molecule has 1 aromatic rings. The molecule has 0 bridgehead atoms. The maximum Gasteiger partial charge on any atom is 0.240 e. The summed E-state index contributed by atoms with van der Waals surface area (Å²) >= 11 is 0. The second-order valence-electron chi connectivity index (χ2n) is 5.30. The average Bonchev–Trinajstić information content (AvgIpc) is 3.18. The maximum atomic E-state index is 12.1. The van der Waals surface area contributed by atoms with Gasteiger partial charge < -0.3 is 5.11 Å². The minimum Gasteiger partial charge on any atom is -0.396 e. The number of hydrogen-bond acceptors (Lipinski definition) is 3. The highest BCUT2D eigenvalue weighted by molar-refractivity contribution is 7.89. The van der Waals surface area contributed by atoms with Crippen molar-refractivity contribution in [1.29, 1.82) is 0 Å². The smallest absolute Gasteiger partial charge is 0.240 e. The van der Waals surface area contributed by atoms with Crippen LogP contribution in [0.3, 0.4) is 0 Å². The molecule has 0 amide bonds. The van der Waals surface area contributed by atoms with Crippen LogP contribution in [0.25, 0.3) is 0 Å². The van der Waals surface area contributed by atoms with Crippen LogP contribution in [0.15, 0.2) is 29.2 Å². The third-order valence-corrected chi connectivity index (χ3v) is 5.30. The van der Waals surface area contributed by atoms with E-state index in [1.54, 1.807) is 12.1 Å². The lowest BCUT2D eigenvalue weighted by Crippen LogP contribution is -2.30. The zero-order chi connectivity index (χ0) is 13.9. The lowest BCUT2D eigenvalue weighted by atomic mass is 10.0. The molecule has 2 N–H and O–H groups in total. The van der Waals surface area contributed by atoms with E-state index in [1.807, 2.05) is 19.1 Å². The second kappa shape index (κ2) is 5.61. The van der Waals surface area contributed by atoms with Crippen LogP contribution < -0.4 is 4.72 Å². The Balaban J connectivity index is 2.01. The van der Waals surface area contributed by atoms with Crippen molar-refractivity contribution in [2.24, 2.45) is 5.41 Å². The number of rotatable bonds is 7. The Morgan fingerprint density at radius 1 is 1.26 bits per heavy atom. The molecule has 19 heavy (non-hydrogen) atoms. The number of aliphatic hydroxyl groups excluding tert-OH is 1. The maximum absolute atomic E-state index is 12.1. The van der Waals surface area contributed by atoms with Crippen LogP contribution in [-0.2, 0) is 16.4 Å². The summed E-state index contributed by atoms with van der Waals surface area (Å²) in [5, 5.41) is 8.97. The van der Waals surface area contributed by atoms with Crippen LogP contribution >= 0.6 is 0 Å². The van der Waals surface area contributed by atoms with Crippen molar-refractivity contribution in [3.8, 4) is 0 Å². The zero-order valence-corrected chi connectivity index (χ0v) is 12.0. The Hall–Kier alpha value is -0.910. The third kappa shape index (κ3) is 3.55. The van der Waals surface area contributed by atoms with Gasteiger partial charge in [-0.3, -0.25) is 0 Å². The molecular formula is C14H21NO3S. The van der Waals surface area contributed by atoms with Crippen molar-refractivity contribution in [3.05, 3.63) is 29.8 Å². The third-order valence-electron chi connectivity index (χ3n) is 3.88. The molecule has 5 heteroatoms. The highest BCUT2D eigenvalue weighted by atomic mass is 32.2. The Kier molecular flexibility index (Phi) is 4.28. The van der Waals surface area contributed by atoms with Gasteiger partial charge >= 0.3 is 0 Å². The normalized spacial score (nSPS) is 17.4. The van der Waals surface area contributed by atoms with Gasteiger partial charge in [-0.1, -0.05) is 19.1 Å². The SMILES string of the molecule is CCc1ccc(S(=O)(=O)NCC2(CCO)CC2)cc1. The summed E-state index contributed by atoms with van der Waals surface area (Å²) in [6, 6.07) is 6.98. The molecule has 0 unspecified atom stereocenters. The van der Waals surface area contributed by atoms with Gasteiger partial charge in [-0.05, 0) is 48.8 Å². The summed E-state index contributed by atoms with van der Waals surface area (Å²) in [4.78, 5) is 0.310. The minimum absolute atomic E-state index is 0.00875. The van der Waals surface area contributed by atoms with Gasteiger partial charge in [-0.15, -0.1) is 0 Å². The van der Waals surface area contributed by atoms with Gasteiger partial charge in [0.05, 0.1) is 4.90 Å².